The van der Waals surface area contributed by atoms with Gasteiger partial charge in [-0.1, -0.05) is 26.7 Å². The Balaban J connectivity index is 2.01. The van der Waals surface area contributed by atoms with Gasteiger partial charge in [-0.05, 0) is 37.0 Å². The van der Waals surface area contributed by atoms with Crippen LogP contribution in [0.1, 0.15) is 52.4 Å². The molecule has 2 saturated heterocycles. The first-order valence-electron chi connectivity index (χ1n) is 8.33. The molecule has 1 N–H and O–H groups in total. The minimum absolute atomic E-state index is 0.0841. The highest BCUT2D eigenvalue weighted by Gasteiger charge is 2.39. The first-order valence-corrected chi connectivity index (χ1v) is 9.73. The van der Waals surface area contributed by atoms with Gasteiger partial charge in [0.1, 0.15) is 0 Å². The van der Waals surface area contributed by atoms with E-state index < -0.39 is 10.2 Å². The maximum Gasteiger partial charge on any atom is 0.281 e. The number of nitrogens with zero attached hydrogens (tertiary/aromatic N) is 2. The summed E-state index contributed by atoms with van der Waals surface area (Å²) in [5, 5.41) is 9.28. The van der Waals surface area contributed by atoms with Crippen molar-refractivity contribution in [1.82, 2.24) is 8.61 Å². The summed E-state index contributed by atoms with van der Waals surface area (Å²) in [6, 6.07) is 0. The average Bonchev–Trinajstić information content (AvgIpc) is 2.55. The minimum Gasteiger partial charge on any atom is -0.396 e. The highest BCUT2D eigenvalue weighted by molar-refractivity contribution is 7.86. The van der Waals surface area contributed by atoms with Crippen LogP contribution in [0.25, 0.3) is 0 Å². The zero-order chi connectivity index (χ0) is 15.5. The molecule has 0 saturated carbocycles. The van der Waals surface area contributed by atoms with Crippen molar-refractivity contribution in [3.8, 4) is 0 Å². The molecular weight excluding hydrogens is 288 g/mol. The van der Waals surface area contributed by atoms with E-state index in [1.54, 1.807) is 8.61 Å². The Bertz CT molecular complexity index is 424. The highest BCUT2D eigenvalue weighted by atomic mass is 32.2. The van der Waals surface area contributed by atoms with Crippen LogP contribution in [0.2, 0.25) is 0 Å². The molecule has 0 aromatic rings. The average molecular weight is 318 g/mol. The predicted octanol–water partition coefficient (Wildman–Crippen LogP) is 1.84. The fourth-order valence-corrected chi connectivity index (χ4v) is 5.43. The molecule has 2 aliphatic heterocycles. The second-order valence-corrected chi connectivity index (χ2v) is 8.59. The van der Waals surface area contributed by atoms with Gasteiger partial charge in [-0.2, -0.15) is 17.0 Å². The second-order valence-electron chi connectivity index (χ2n) is 6.66. The Kier molecular flexibility index (Phi) is 5.68. The molecule has 2 rings (SSSR count). The zero-order valence-electron chi connectivity index (χ0n) is 13.4. The molecule has 21 heavy (non-hydrogen) atoms. The SMILES string of the molecule is CCC1(CC)CCN(S(=O)(=O)N2CCCC(CO)C2)CC1. The lowest BCUT2D eigenvalue weighted by Crippen LogP contribution is -2.51. The topological polar surface area (TPSA) is 60.9 Å². The lowest BCUT2D eigenvalue weighted by molar-refractivity contribution is 0.128. The van der Waals surface area contributed by atoms with E-state index in [2.05, 4.69) is 13.8 Å². The quantitative estimate of drug-likeness (QED) is 0.841. The highest BCUT2D eigenvalue weighted by Crippen LogP contribution is 2.39. The fourth-order valence-electron chi connectivity index (χ4n) is 3.70. The molecule has 2 fully saturated rings. The molecule has 0 aliphatic carbocycles. The van der Waals surface area contributed by atoms with Gasteiger partial charge >= 0.3 is 0 Å². The van der Waals surface area contributed by atoms with Crippen LogP contribution in [0.4, 0.5) is 0 Å². The van der Waals surface area contributed by atoms with Crippen molar-refractivity contribution in [2.24, 2.45) is 11.3 Å². The summed E-state index contributed by atoms with van der Waals surface area (Å²) in [7, 11) is -3.34. The summed E-state index contributed by atoms with van der Waals surface area (Å²) in [4.78, 5) is 0. The molecule has 2 aliphatic rings. The summed E-state index contributed by atoms with van der Waals surface area (Å²) in [5.41, 5.74) is 0.335. The van der Waals surface area contributed by atoms with Crippen LogP contribution in [0.15, 0.2) is 0 Å². The number of hydrogen-bond acceptors (Lipinski definition) is 3. The van der Waals surface area contributed by atoms with Gasteiger partial charge in [0, 0.05) is 32.8 Å². The van der Waals surface area contributed by atoms with E-state index in [1.165, 1.54) is 0 Å². The Morgan fingerprint density at radius 3 is 2.24 bits per heavy atom. The Labute approximate surface area is 129 Å². The maximum atomic E-state index is 12.8. The Morgan fingerprint density at radius 2 is 1.71 bits per heavy atom. The standard InChI is InChI=1S/C15H30N2O3S/c1-3-15(4-2)7-10-16(11-8-15)21(19,20)17-9-5-6-14(12-17)13-18/h14,18H,3-13H2,1-2H3. The number of hydrogen-bond donors (Lipinski definition) is 1. The van der Waals surface area contributed by atoms with Crippen LogP contribution in [0.5, 0.6) is 0 Å². The van der Waals surface area contributed by atoms with Crippen LogP contribution < -0.4 is 0 Å². The van der Waals surface area contributed by atoms with Gasteiger partial charge in [-0.15, -0.1) is 0 Å². The normalized spacial score (nSPS) is 28.6. The lowest BCUT2D eigenvalue weighted by atomic mass is 9.75. The van der Waals surface area contributed by atoms with Crippen LogP contribution in [0.3, 0.4) is 0 Å². The van der Waals surface area contributed by atoms with E-state index in [4.69, 9.17) is 0 Å². The Hall–Kier alpha value is -0.170. The Morgan fingerprint density at radius 1 is 1.10 bits per heavy atom. The molecule has 124 valence electrons. The van der Waals surface area contributed by atoms with Crippen molar-refractivity contribution < 1.29 is 13.5 Å². The van der Waals surface area contributed by atoms with Crippen LogP contribution in [-0.2, 0) is 10.2 Å². The largest absolute Gasteiger partial charge is 0.396 e. The molecule has 6 heteroatoms. The van der Waals surface area contributed by atoms with Gasteiger partial charge in [-0.25, -0.2) is 0 Å². The van der Waals surface area contributed by atoms with Crippen LogP contribution in [0, 0.1) is 11.3 Å². The van der Waals surface area contributed by atoms with Crippen LogP contribution >= 0.6 is 0 Å². The van der Waals surface area contributed by atoms with Crippen molar-refractivity contribution in [3.05, 3.63) is 0 Å². The number of aliphatic hydroxyl groups excluding tert-OH is 1. The number of aliphatic hydroxyl groups is 1. The van der Waals surface area contributed by atoms with Gasteiger partial charge in [-0.3, -0.25) is 0 Å². The van der Waals surface area contributed by atoms with Gasteiger partial charge in [0.25, 0.3) is 10.2 Å². The fraction of sp³-hybridized carbons (Fsp3) is 1.00. The first kappa shape index (κ1) is 17.2. The minimum atomic E-state index is -3.34. The molecule has 0 aromatic heterocycles. The van der Waals surface area contributed by atoms with Crippen molar-refractivity contribution >= 4 is 10.2 Å². The van der Waals surface area contributed by atoms with Gasteiger partial charge in [0.2, 0.25) is 0 Å². The van der Waals surface area contributed by atoms with E-state index in [-0.39, 0.29) is 12.5 Å². The van der Waals surface area contributed by atoms with E-state index in [1.807, 2.05) is 0 Å². The number of rotatable bonds is 5. The van der Waals surface area contributed by atoms with Crippen LogP contribution in [-0.4, -0.2) is 54.9 Å². The first-order chi connectivity index (χ1) is 9.97. The molecule has 0 bridgehead atoms. The molecule has 0 amide bonds. The van der Waals surface area contributed by atoms with Gasteiger partial charge in [0.05, 0.1) is 0 Å². The molecule has 0 radical (unpaired) electrons. The second kappa shape index (κ2) is 6.94. The molecule has 1 unspecified atom stereocenters. The van der Waals surface area contributed by atoms with Crippen molar-refractivity contribution in [2.45, 2.75) is 52.4 Å². The molecule has 0 spiro atoms. The predicted molar refractivity (Wildman–Crippen MR) is 84.1 cm³/mol. The third-order valence-electron chi connectivity index (χ3n) is 5.68. The number of piperidine rings is 2. The van der Waals surface area contributed by atoms with Crippen molar-refractivity contribution in [2.75, 3.05) is 32.8 Å². The van der Waals surface area contributed by atoms with Gasteiger partial charge in [0.15, 0.2) is 0 Å². The summed E-state index contributed by atoms with van der Waals surface area (Å²) >= 11 is 0. The lowest BCUT2D eigenvalue weighted by Gasteiger charge is -2.42. The molecule has 0 aromatic carbocycles. The van der Waals surface area contributed by atoms with E-state index in [0.29, 0.717) is 31.6 Å². The molecule has 1 atom stereocenters. The summed E-state index contributed by atoms with van der Waals surface area (Å²) in [6.07, 6.45) is 5.98. The van der Waals surface area contributed by atoms with Gasteiger partial charge < -0.3 is 5.11 Å². The molecule has 5 nitrogen and oxygen atoms in total. The van der Waals surface area contributed by atoms with E-state index >= 15 is 0 Å². The van der Waals surface area contributed by atoms with Crippen molar-refractivity contribution in [3.63, 3.8) is 0 Å². The smallest absolute Gasteiger partial charge is 0.281 e. The molecular formula is C15H30N2O3S. The third kappa shape index (κ3) is 3.60. The maximum absolute atomic E-state index is 12.8. The summed E-state index contributed by atoms with van der Waals surface area (Å²) in [5.74, 6) is 0.101. The third-order valence-corrected chi connectivity index (χ3v) is 7.68. The summed E-state index contributed by atoms with van der Waals surface area (Å²) < 4.78 is 28.8. The summed E-state index contributed by atoms with van der Waals surface area (Å²) in [6.45, 7) is 6.87. The molecule has 2 heterocycles. The zero-order valence-corrected chi connectivity index (χ0v) is 14.2. The van der Waals surface area contributed by atoms with E-state index in [0.717, 1.165) is 38.5 Å². The van der Waals surface area contributed by atoms with Crippen molar-refractivity contribution in [1.29, 1.82) is 0 Å². The van der Waals surface area contributed by atoms with E-state index in [9.17, 15) is 13.5 Å². The monoisotopic (exact) mass is 318 g/mol.